The molecule has 1 aliphatic heterocycles. The quantitative estimate of drug-likeness (QED) is 0.936. The minimum absolute atomic E-state index is 0.350. The Hall–Kier alpha value is -2.32. The number of rotatable bonds is 4. The Kier molecular flexibility index (Phi) is 3.89. The molecule has 0 aliphatic carbocycles. The van der Waals surface area contributed by atoms with E-state index in [2.05, 4.69) is 23.4 Å². The molecular weight excluding hydrogens is 264 g/mol. The lowest BCUT2D eigenvalue weighted by atomic mass is 10.1. The first-order valence-corrected chi connectivity index (χ1v) is 7.12. The van der Waals surface area contributed by atoms with Crippen LogP contribution in [0, 0.1) is 18.3 Å². The number of hydrogen-bond donors (Lipinski definition) is 1. The van der Waals surface area contributed by atoms with E-state index in [1.807, 2.05) is 35.1 Å². The Labute approximate surface area is 124 Å². The van der Waals surface area contributed by atoms with Gasteiger partial charge in [-0.3, -0.25) is 4.68 Å². The molecule has 1 atom stereocenters. The van der Waals surface area contributed by atoms with Gasteiger partial charge in [-0.25, -0.2) is 0 Å². The van der Waals surface area contributed by atoms with Gasteiger partial charge in [-0.05, 0) is 31.0 Å². The van der Waals surface area contributed by atoms with Crippen LogP contribution in [-0.4, -0.2) is 23.0 Å². The summed E-state index contributed by atoms with van der Waals surface area (Å²) in [5.74, 6) is 0. The maximum absolute atomic E-state index is 8.92. The maximum Gasteiger partial charge on any atom is 0.0991 e. The highest BCUT2D eigenvalue weighted by atomic mass is 16.5. The molecule has 1 aromatic carbocycles. The standard InChI is InChI=1S/C16H18N4O/c1-12-16(10-19-20(12)15-5-6-21-11-15)18-9-14-4-2-3-13(7-14)8-17/h2-4,7,10,15,18H,5-6,9,11H2,1H3. The molecule has 1 unspecified atom stereocenters. The smallest absolute Gasteiger partial charge is 0.0991 e. The summed E-state index contributed by atoms with van der Waals surface area (Å²) in [6.45, 7) is 4.31. The highest BCUT2D eigenvalue weighted by molar-refractivity contribution is 5.47. The van der Waals surface area contributed by atoms with Gasteiger partial charge in [-0.1, -0.05) is 12.1 Å². The van der Waals surface area contributed by atoms with E-state index in [1.165, 1.54) is 0 Å². The first-order chi connectivity index (χ1) is 10.3. The molecule has 5 heteroatoms. The number of nitrogens with one attached hydrogen (secondary N) is 1. The number of aromatic nitrogens is 2. The van der Waals surface area contributed by atoms with E-state index in [9.17, 15) is 0 Å². The predicted octanol–water partition coefficient (Wildman–Crippen LogP) is 2.64. The lowest BCUT2D eigenvalue weighted by Crippen LogP contribution is -2.12. The van der Waals surface area contributed by atoms with E-state index in [0.29, 0.717) is 18.2 Å². The molecule has 1 N–H and O–H groups in total. The fraction of sp³-hybridized carbons (Fsp3) is 0.375. The molecule has 0 saturated carbocycles. The average Bonchev–Trinajstić information content (AvgIpc) is 3.15. The molecule has 1 aliphatic rings. The van der Waals surface area contributed by atoms with Crippen LogP contribution in [0.1, 0.15) is 29.3 Å². The van der Waals surface area contributed by atoms with Crippen LogP contribution < -0.4 is 5.32 Å². The second-order valence-corrected chi connectivity index (χ2v) is 5.27. The first kappa shape index (κ1) is 13.7. The molecule has 0 amide bonds. The van der Waals surface area contributed by atoms with Gasteiger partial charge in [0.15, 0.2) is 0 Å². The minimum atomic E-state index is 0.350. The second kappa shape index (κ2) is 5.98. The van der Waals surface area contributed by atoms with E-state index in [0.717, 1.165) is 36.6 Å². The molecule has 108 valence electrons. The van der Waals surface area contributed by atoms with Gasteiger partial charge >= 0.3 is 0 Å². The number of benzene rings is 1. The highest BCUT2D eigenvalue weighted by Gasteiger charge is 2.20. The van der Waals surface area contributed by atoms with Crippen LogP contribution in [0.5, 0.6) is 0 Å². The van der Waals surface area contributed by atoms with Crippen molar-refractivity contribution in [1.29, 1.82) is 5.26 Å². The monoisotopic (exact) mass is 282 g/mol. The third-order valence-corrected chi connectivity index (χ3v) is 3.84. The topological polar surface area (TPSA) is 62.9 Å². The van der Waals surface area contributed by atoms with Crippen molar-refractivity contribution in [3.05, 3.63) is 47.3 Å². The second-order valence-electron chi connectivity index (χ2n) is 5.27. The molecule has 1 aromatic heterocycles. The number of anilines is 1. The van der Waals surface area contributed by atoms with Gasteiger partial charge in [0.05, 0.1) is 41.9 Å². The molecule has 1 saturated heterocycles. The van der Waals surface area contributed by atoms with Gasteiger partial charge in [-0.15, -0.1) is 0 Å². The van der Waals surface area contributed by atoms with E-state index in [4.69, 9.17) is 10.00 Å². The summed E-state index contributed by atoms with van der Waals surface area (Å²) in [5.41, 5.74) is 3.93. The molecule has 0 spiro atoms. The predicted molar refractivity (Wildman–Crippen MR) is 79.9 cm³/mol. The van der Waals surface area contributed by atoms with Gasteiger partial charge in [0.25, 0.3) is 0 Å². The van der Waals surface area contributed by atoms with Crippen molar-refractivity contribution in [2.75, 3.05) is 18.5 Å². The van der Waals surface area contributed by atoms with Crippen molar-refractivity contribution in [1.82, 2.24) is 9.78 Å². The zero-order chi connectivity index (χ0) is 14.7. The van der Waals surface area contributed by atoms with Gasteiger partial charge in [-0.2, -0.15) is 10.4 Å². The normalized spacial score (nSPS) is 17.6. The zero-order valence-electron chi connectivity index (χ0n) is 12.0. The van der Waals surface area contributed by atoms with Crippen molar-refractivity contribution in [2.45, 2.75) is 25.9 Å². The Bertz CT molecular complexity index is 665. The van der Waals surface area contributed by atoms with E-state index in [1.54, 1.807) is 0 Å². The summed E-state index contributed by atoms with van der Waals surface area (Å²) in [6.07, 6.45) is 2.88. The summed E-state index contributed by atoms with van der Waals surface area (Å²) in [4.78, 5) is 0. The molecule has 2 heterocycles. The average molecular weight is 282 g/mol. The molecule has 0 radical (unpaired) electrons. The first-order valence-electron chi connectivity index (χ1n) is 7.12. The van der Waals surface area contributed by atoms with Gasteiger partial charge in [0, 0.05) is 13.2 Å². The summed E-state index contributed by atoms with van der Waals surface area (Å²) in [6, 6.07) is 10.1. The summed E-state index contributed by atoms with van der Waals surface area (Å²) >= 11 is 0. The Morgan fingerprint density at radius 2 is 2.43 bits per heavy atom. The van der Waals surface area contributed by atoms with Crippen LogP contribution in [-0.2, 0) is 11.3 Å². The summed E-state index contributed by atoms with van der Waals surface area (Å²) in [7, 11) is 0. The highest BCUT2D eigenvalue weighted by Crippen LogP contribution is 2.24. The van der Waals surface area contributed by atoms with E-state index in [-0.39, 0.29) is 0 Å². The molecule has 1 fully saturated rings. The number of hydrogen-bond acceptors (Lipinski definition) is 4. The number of ether oxygens (including phenoxy) is 1. The zero-order valence-corrected chi connectivity index (χ0v) is 12.0. The van der Waals surface area contributed by atoms with Crippen LogP contribution >= 0.6 is 0 Å². The molecule has 5 nitrogen and oxygen atoms in total. The van der Waals surface area contributed by atoms with Crippen LogP contribution in [0.4, 0.5) is 5.69 Å². The largest absolute Gasteiger partial charge is 0.379 e. The Morgan fingerprint density at radius 3 is 3.19 bits per heavy atom. The minimum Gasteiger partial charge on any atom is -0.379 e. The van der Waals surface area contributed by atoms with E-state index < -0.39 is 0 Å². The number of nitriles is 1. The number of nitrogens with zero attached hydrogens (tertiary/aromatic N) is 3. The van der Waals surface area contributed by atoms with Crippen LogP contribution in [0.25, 0.3) is 0 Å². The molecular formula is C16H18N4O. The van der Waals surface area contributed by atoms with Crippen LogP contribution in [0.15, 0.2) is 30.5 Å². The van der Waals surface area contributed by atoms with Crippen molar-refractivity contribution in [2.24, 2.45) is 0 Å². The lowest BCUT2D eigenvalue weighted by Gasteiger charge is -2.12. The lowest BCUT2D eigenvalue weighted by molar-refractivity contribution is 0.184. The van der Waals surface area contributed by atoms with Crippen molar-refractivity contribution < 1.29 is 4.74 Å². The van der Waals surface area contributed by atoms with Crippen molar-refractivity contribution >= 4 is 5.69 Å². The molecule has 21 heavy (non-hydrogen) atoms. The fourth-order valence-corrected chi connectivity index (χ4v) is 2.63. The molecule has 2 aromatic rings. The van der Waals surface area contributed by atoms with Crippen LogP contribution in [0.2, 0.25) is 0 Å². The van der Waals surface area contributed by atoms with E-state index >= 15 is 0 Å². The summed E-state index contributed by atoms with van der Waals surface area (Å²) < 4.78 is 7.46. The van der Waals surface area contributed by atoms with Gasteiger partial charge < -0.3 is 10.1 Å². The third kappa shape index (κ3) is 2.91. The Morgan fingerprint density at radius 1 is 1.52 bits per heavy atom. The molecule has 3 rings (SSSR count). The van der Waals surface area contributed by atoms with Crippen molar-refractivity contribution in [3.63, 3.8) is 0 Å². The summed E-state index contributed by atoms with van der Waals surface area (Å²) in [5, 5.41) is 16.8. The fourth-order valence-electron chi connectivity index (χ4n) is 2.63. The van der Waals surface area contributed by atoms with Gasteiger partial charge in [0.2, 0.25) is 0 Å². The van der Waals surface area contributed by atoms with Crippen LogP contribution in [0.3, 0.4) is 0 Å². The van der Waals surface area contributed by atoms with Gasteiger partial charge in [0.1, 0.15) is 0 Å². The maximum atomic E-state index is 8.92. The Balaban J connectivity index is 1.69. The molecule has 0 bridgehead atoms. The SMILES string of the molecule is Cc1c(NCc2cccc(C#N)c2)cnn1C1CCOC1. The van der Waals surface area contributed by atoms with Crippen molar-refractivity contribution in [3.8, 4) is 6.07 Å². The third-order valence-electron chi connectivity index (χ3n) is 3.84.